The van der Waals surface area contributed by atoms with Gasteiger partial charge in [-0.15, -0.1) is 0 Å². The molecule has 0 N–H and O–H groups in total. The first-order valence-electron chi connectivity index (χ1n) is 6.90. The van der Waals surface area contributed by atoms with Gasteiger partial charge in [0.25, 0.3) is 0 Å². The molecule has 5 heteroatoms. The first-order valence-corrected chi connectivity index (χ1v) is 6.90. The molecule has 1 aromatic carbocycles. The zero-order valence-electron chi connectivity index (χ0n) is 12.1. The van der Waals surface area contributed by atoms with Gasteiger partial charge in [-0.05, 0) is 24.1 Å². The molecule has 0 unspecified atom stereocenters. The number of aryl methyl sites for hydroxylation is 1. The highest BCUT2D eigenvalue weighted by Crippen LogP contribution is 2.09. The van der Waals surface area contributed by atoms with Crippen molar-refractivity contribution < 1.29 is 4.79 Å². The Morgan fingerprint density at radius 3 is 2.86 bits per heavy atom. The topological polar surface area (TPSA) is 61.9 Å². The molecule has 0 radical (unpaired) electrons. The van der Waals surface area contributed by atoms with Crippen LogP contribution in [0.5, 0.6) is 0 Å². The monoisotopic (exact) mass is 282 g/mol. The van der Waals surface area contributed by atoms with Gasteiger partial charge >= 0.3 is 0 Å². The molecule has 0 atom stereocenters. The molecule has 1 amide bonds. The van der Waals surface area contributed by atoms with Crippen LogP contribution in [0.2, 0.25) is 0 Å². The van der Waals surface area contributed by atoms with Crippen LogP contribution in [0.4, 0.5) is 0 Å². The van der Waals surface area contributed by atoms with Crippen LogP contribution in [0.1, 0.15) is 18.4 Å². The van der Waals surface area contributed by atoms with E-state index in [0.29, 0.717) is 25.8 Å². The molecule has 0 saturated heterocycles. The lowest BCUT2D eigenvalue weighted by Crippen LogP contribution is -2.27. The predicted molar refractivity (Wildman–Crippen MR) is 79.8 cm³/mol. The Hall–Kier alpha value is -2.61. The van der Waals surface area contributed by atoms with E-state index in [0.717, 1.165) is 11.3 Å². The summed E-state index contributed by atoms with van der Waals surface area (Å²) in [7, 11) is 1.73. The molecule has 0 fully saturated rings. The highest BCUT2D eigenvalue weighted by molar-refractivity contribution is 5.76. The van der Waals surface area contributed by atoms with Gasteiger partial charge in [-0.25, -0.2) is 4.68 Å². The van der Waals surface area contributed by atoms with Crippen LogP contribution in [0, 0.1) is 11.3 Å². The normalized spacial score (nSPS) is 10.1. The summed E-state index contributed by atoms with van der Waals surface area (Å²) in [6.07, 6.45) is 5.19. The number of aromatic nitrogens is 2. The van der Waals surface area contributed by atoms with Crippen molar-refractivity contribution in [1.29, 1.82) is 5.26 Å². The van der Waals surface area contributed by atoms with E-state index in [1.807, 2.05) is 42.6 Å². The molecule has 2 rings (SSSR count). The van der Waals surface area contributed by atoms with E-state index in [2.05, 4.69) is 5.10 Å². The van der Waals surface area contributed by atoms with Crippen molar-refractivity contribution in [2.45, 2.75) is 19.3 Å². The maximum Gasteiger partial charge on any atom is 0.222 e. The number of nitriles is 1. The average Bonchev–Trinajstić information content (AvgIpc) is 3.00. The maximum absolute atomic E-state index is 11.9. The third kappa shape index (κ3) is 4.18. The van der Waals surface area contributed by atoms with Gasteiger partial charge in [0.05, 0.1) is 24.4 Å². The van der Waals surface area contributed by atoms with Crippen molar-refractivity contribution >= 4 is 5.91 Å². The molecule has 0 spiro atoms. The lowest BCUT2D eigenvalue weighted by Gasteiger charge is -2.14. The summed E-state index contributed by atoms with van der Waals surface area (Å²) in [5, 5.41) is 12.8. The van der Waals surface area contributed by atoms with Crippen molar-refractivity contribution in [3.63, 3.8) is 0 Å². The third-order valence-electron chi connectivity index (χ3n) is 3.27. The van der Waals surface area contributed by atoms with Crippen molar-refractivity contribution in [2.24, 2.45) is 0 Å². The predicted octanol–water partition coefficient (Wildman–Crippen LogP) is 2.18. The molecule has 5 nitrogen and oxygen atoms in total. The van der Waals surface area contributed by atoms with Crippen LogP contribution in [0.15, 0.2) is 42.7 Å². The maximum atomic E-state index is 11.9. The molecule has 0 bridgehead atoms. The zero-order chi connectivity index (χ0) is 15.1. The molecule has 2 aromatic rings. The Bertz CT molecular complexity index is 627. The summed E-state index contributed by atoms with van der Waals surface area (Å²) < 4.78 is 1.80. The Balaban J connectivity index is 1.89. The first-order chi connectivity index (χ1) is 10.2. The minimum absolute atomic E-state index is 0.0534. The van der Waals surface area contributed by atoms with Crippen molar-refractivity contribution in [3.8, 4) is 11.8 Å². The van der Waals surface area contributed by atoms with Gasteiger partial charge in [-0.1, -0.05) is 18.2 Å². The summed E-state index contributed by atoms with van der Waals surface area (Å²) in [6, 6.07) is 11.9. The molecule has 21 heavy (non-hydrogen) atoms. The number of hydrogen-bond acceptors (Lipinski definition) is 3. The highest BCUT2D eigenvalue weighted by atomic mass is 16.2. The molecule has 1 heterocycles. The van der Waals surface area contributed by atoms with Crippen molar-refractivity contribution in [3.05, 3.63) is 48.3 Å². The second-order valence-corrected chi connectivity index (χ2v) is 4.85. The second-order valence-electron chi connectivity index (χ2n) is 4.85. The van der Waals surface area contributed by atoms with Gasteiger partial charge < -0.3 is 4.90 Å². The Morgan fingerprint density at radius 1 is 1.38 bits per heavy atom. The van der Waals surface area contributed by atoms with Crippen LogP contribution in [0.25, 0.3) is 5.69 Å². The molecule has 0 aliphatic carbocycles. The number of carbonyl (C=O) groups is 1. The fourth-order valence-electron chi connectivity index (χ4n) is 2.00. The van der Waals surface area contributed by atoms with Gasteiger partial charge in [0, 0.05) is 26.2 Å². The van der Waals surface area contributed by atoms with Crippen molar-refractivity contribution in [2.75, 3.05) is 13.6 Å². The van der Waals surface area contributed by atoms with E-state index in [4.69, 9.17) is 5.26 Å². The smallest absolute Gasteiger partial charge is 0.222 e. The van der Waals surface area contributed by atoms with Crippen LogP contribution >= 0.6 is 0 Å². The summed E-state index contributed by atoms with van der Waals surface area (Å²) in [5.41, 5.74) is 2.03. The van der Waals surface area contributed by atoms with E-state index >= 15 is 0 Å². The first kappa shape index (κ1) is 14.8. The molecular weight excluding hydrogens is 264 g/mol. The summed E-state index contributed by atoms with van der Waals surface area (Å²) in [5.74, 6) is 0.0534. The van der Waals surface area contributed by atoms with E-state index in [1.54, 1.807) is 22.8 Å². The fourth-order valence-corrected chi connectivity index (χ4v) is 2.00. The Morgan fingerprint density at radius 2 is 2.14 bits per heavy atom. The van der Waals surface area contributed by atoms with Crippen molar-refractivity contribution in [1.82, 2.24) is 14.7 Å². The zero-order valence-corrected chi connectivity index (χ0v) is 12.1. The number of nitrogens with zero attached hydrogens (tertiary/aromatic N) is 4. The number of benzene rings is 1. The van der Waals surface area contributed by atoms with Gasteiger partial charge in [0.1, 0.15) is 0 Å². The number of carbonyl (C=O) groups excluding carboxylic acids is 1. The van der Waals surface area contributed by atoms with Gasteiger partial charge in [0.15, 0.2) is 0 Å². The molecular formula is C16H18N4O. The second kappa shape index (κ2) is 7.25. The lowest BCUT2D eigenvalue weighted by atomic mass is 10.2. The largest absolute Gasteiger partial charge is 0.345 e. The fraction of sp³-hybridized carbons (Fsp3) is 0.312. The van der Waals surface area contributed by atoms with Crippen LogP contribution in [-0.2, 0) is 11.2 Å². The van der Waals surface area contributed by atoms with Crippen LogP contribution < -0.4 is 0 Å². The van der Waals surface area contributed by atoms with E-state index < -0.39 is 0 Å². The summed E-state index contributed by atoms with van der Waals surface area (Å²) >= 11 is 0. The number of para-hydroxylation sites is 1. The third-order valence-corrected chi connectivity index (χ3v) is 3.27. The van der Waals surface area contributed by atoms with Gasteiger partial charge in [-0.3, -0.25) is 4.79 Å². The Labute approximate surface area is 124 Å². The van der Waals surface area contributed by atoms with Gasteiger partial charge in [0.2, 0.25) is 5.91 Å². The van der Waals surface area contributed by atoms with E-state index in [9.17, 15) is 4.79 Å². The van der Waals surface area contributed by atoms with E-state index in [1.165, 1.54) is 0 Å². The molecule has 0 aliphatic rings. The SMILES string of the molecule is CN(CCC#N)C(=O)CCc1cnn(-c2ccccc2)c1. The minimum atomic E-state index is 0.0534. The van der Waals surface area contributed by atoms with E-state index in [-0.39, 0.29) is 5.91 Å². The minimum Gasteiger partial charge on any atom is -0.345 e. The number of amides is 1. The standard InChI is InChI=1S/C16H18N4O/c1-19(11-5-10-17)16(21)9-8-14-12-18-20(13-14)15-6-3-2-4-7-15/h2-4,6-7,12-13H,5,8-9,11H2,1H3. The quantitative estimate of drug-likeness (QED) is 0.815. The number of rotatable bonds is 6. The summed E-state index contributed by atoms with van der Waals surface area (Å²) in [6.45, 7) is 0.485. The van der Waals surface area contributed by atoms with Gasteiger partial charge in [-0.2, -0.15) is 10.4 Å². The number of hydrogen-bond donors (Lipinski definition) is 0. The average molecular weight is 282 g/mol. The summed E-state index contributed by atoms with van der Waals surface area (Å²) in [4.78, 5) is 13.5. The van der Waals surface area contributed by atoms with Crippen LogP contribution in [0.3, 0.4) is 0 Å². The molecule has 0 saturated carbocycles. The van der Waals surface area contributed by atoms with Crippen LogP contribution in [-0.4, -0.2) is 34.2 Å². The molecule has 108 valence electrons. The Kier molecular flexibility index (Phi) is 5.10. The molecule has 0 aliphatic heterocycles. The highest BCUT2D eigenvalue weighted by Gasteiger charge is 2.09. The lowest BCUT2D eigenvalue weighted by molar-refractivity contribution is -0.129. The molecule has 1 aromatic heterocycles.